The summed E-state index contributed by atoms with van der Waals surface area (Å²) in [6.45, 7) is 2.47. The van der Waals surface area contributed by atoms with Crippen LogP contribution in [0.1, 0.15) is 45.4 Å². The number of methoxy groups -OCH3 is 2. The zero-order chi connectivity index (χ0) is 12.7. The van der Waals surface area contributed by atoms with Crippen molar-refractivity contribution >= 4 is 5.97 Å². The molecule has 0 saturated heterocycles. The maximum Gasteiger partial charge on any atom is 0.325 e. The van der Waals surface area contributed by atoms with E-state index in [0.29, 0.717) is 19.1 Å². The summed E-state index contributed by atoms with van der Waals surface area (Å²) in [6, 6.07) is 0.435. The second kappa shape index (κ2) is 6.97. The summed E-state index contributed by atoms with van der Waals surface area (Å²) in [6.07, 6.45) is 6.76. The van der Waals surface area contributed by atoms with Crippen molar-refractivity contribution in [1.29, 1.82) is 0 Å². The minimum atomic E-state index is -0.618. The van der Waals surface area contributed by atoms with Gasteiger partial charge in [-0.25, -0.2) is 0 Å². The van der Waals surface area contributed by atoms with Crippen molar-refractivity contribution < 1.29 is 14.3 Å². The van der Waals surface area contributed by atoms with Crippen molar-refractivity contribution in [2.24, 2.45) is 0 Å². The van der Waals surface area contributed by atoms with Crippen molar-refractivity contribution in [3.63, 3.8) is 0 Å². The number of ether oxygens (including phenoxy) is 2. The molecular formula is C13H25NO3. The molecule has 1 aliphatic carbocycles. The fourth-order valence-corrected chi connectivity index (χ4v) is 2.46. The highest BCUT2D eigenvalue weighted by atomic mass is 16.5. The first-order valence-electron chi connectivity index (χ1n) is 6.47. The third-order valence-electron chi connectivity index (χ3n) is 3.57. The Morgan fingerprint density at radius 3 is 2.47 bits per heavy atom. The molecule has 17 heavy (non-hydrogen) atoms. The molecule has 1 atom stereocenters. The molecule has 0 aliphatic heterocycles. The second-order valence-corrected chi connectivity index (χ2v) is 5.05. The van der Waals surface area contributed by atoms with Gasteiger partial charge in [0.25, 0.3) is 0 Å². The Hall–Kier alpha value is -0.610. The van der Waals surface area contributed by atoms with Crippen LogP contribution in [-0.2, 0) is 14.3 Å². The highest BCUT2D eigenvalue weighted by Crippen LogP contribution is 2.22. The van der Waals surface area contributed by atoms with Gasteiger partial charge in [0, 0.05) is 19.8 Å². The standard InChI is InChI=1S/C13H25NO3/c1-13(9-10-16-2,12(15)17-3)14-11-7-5-4-6-8-11/h11,14H,4-10H2,1-3H3. The van der Waals surface area contributed by atoms with Gasteiger partial charge in [-0.3, -0.25) is 10.1 Å². The van der Waals surface area contributed by atoms with Gasteiger partial charge in [0.05, 0.1) is 7.11 Å². The molecule has 0 bridgehead atoms. The predicted molar refractivity (Wildman–Crippen MR) is 66.9 cm³/mol. The maximum absolute atomic E-state index is 11.9. The SMILES string of the molecule is COCCC(C)(NC1CCCCC1)C(=O)OC. The van der Waals surface area contributed by atoms with Crippen LogP contribution in [0.3, 0.4) is 0 Å². The molecule has 0 aromatic heterocycles. The number of carbonyl (C=O) groups is 1. The van der Waals surface area contributed by atoms with Gasteiger partial charge in [-0.15, -0.1) is 0 Å². The molecule has 0 amide bonds. The van der Waals surface area contributed by atoms with Crippen LogP contribution in [0.4, 0.5) is 0 Å². The Morgan fingerprint density at radius 1 is 1.29 bits per heavy atom. The summed E-state index contributed by atoms with van der Waals surface area (Å²) in [5.41, 5.74) is -0.618. The molecule has 1 aliphatic rings. The van der Waals surface area contributed by atoms with Crippen LogP contribution >= 0.6 is 0 Å². The Morgan fingerprint density at radius 2 is 1.94 bits per heavy atom. The van der Waals surface area contributed by atoms with Crippen LogP contribution in [0.2, 0.25) is 0 Å². The summed E-state index contributed by atoms with van der Waals surface area (Å²) in [7, 11) is 3.09. The predicted octanol–water partition coefficient (Wildman–Crippen LogP) is 1.88. The van der Waals surface area contributed by atoms with E-state index in [4.69, 9.17) is 9.47 Å². The molecular weight excluding hydrogens is 218 g/mol. The van der Waals surface area contributed by atoms with E-state index in [2.05, 4.69) is 5.32 Å². The zero-order valence-corrected chi connectivity index (χ0v) is 11.3. The van der Waals surface area contributed by atoms with E-state index in [1.807, 2.05) is 6.92 Å². The van der Waals surface area contributed by atoms with E-state index in [9.17, 15) is 4.79 Å². The van der Waals surface area contributed by atoms with Gasteiger partial charge in [0.15, 0.2) is 0 Å². The monoisotopic (exact) mass is 243 g/mol. The summed E-state index contributed by atoms with van der Waals surface area (Å²) in [5, 5.41) is 3.46. The van der Waals surface area contributed by atoms with Crippen LogP contribution in [0.25, 0.3) is 0 Å². The van der Waals surface area contributed by atoms with Gasteiger partial charge in [-0.1, -0.05) is 19.3 Å². The highest BCUT2D eigenvalue weighted by Gasteiger charge is 2.36. The molecule has 1 rings (SSSR count). The van der Waals surface area contributed by atoms with Crippen LogP contribution in [0.15, 0.2) is 0 Å². The quantitative estimate of drug-likeness (QED) is 0.724. The summed E-state index contributed by atoms with van der Waals surface area (Å²) in [5.74, 6) is -0.194. The number of esters is 1. The first-order valence-corrected chi connectivity index (χ1v) is 6.47. The van der Waals surface area contributed by atoms with Gasteiger partial charge < -0.3 is 9.47 Å². The lowest BCUT2D eigenvalue weighted by atomic mass is 9.90. The van der Waals surface area contributed by atoms with Crippen LogP contribution in [0.5, 0.6) is 0 Å². The van der Waals surface area contributed by atoms with Crippen molar-refractivity contribution in [3.8, 4) is 0 Å². The molecule has 1 saturated carbocycles. The molecule has 1 N–H and O–H groups in total. The van der Waals surface area contributed by atoms with Crippen molar-refractivity contribution in [1.82, 2.24) is 5.32 Å². The molecule has 0 spiro atoms. The van der Waals surface area contributed by atoms with E-state index < -0.39 is 5.54 Å². The number of rotatable bonds is 6. The van der Waals surface area contributed by atoms with Crippen molar-refractivity contribution in [2.45, 2.75) is 57.0 Å². The van der Waals surface area contributed by atoms with Crippen LogP contribution in [-0.4, -0.2) is 38.4 Å². The minimum absolute atomic E-state index is 0.194. The zero-order valence-electron chi connectivity index (χ0n) is 11.3. The second-order valence-electron chi connectivity index (χ2n) is 5.05. The molecule has 100 valence electrons. The average molecular weight is 243 g/mol. The number of carbonyl (C=O) groups excluding carboxylic acids is 1. The Labute approximate surface area is 104 Å². The smallest absolute Gasteiger partial charge is 0.325 e. The fourth-order valence-electron chi connectivity index (χ4n) is 2.46. The molecule has 0 heterocycles. The normalized spacial score (nSPS) is 20.9. The van der Waals surface area contributed by atoms with Gasteiger partial charge in [-0.05, 0) is 26.2 Å². The van der Waals surface area contributed by atoms with Gasteiger partial charge >= 0.3 is 5.97 Å². The first kappa shape index (κ1) is 14.5. The number of nitrogens with one attached hydrogen (secondary N) is 1. The number of hydrogen-bond donors (Lipinski definition) is 1. The molecule has 0 radical (unpaired) electrons. The molecule has 1 unspecified atom stereocenters. The lowest BCUT2D eigenvalue weighted by Crippen LogP contribution is -2.55. The van der Waals surface area contributed by atoms with E-state index in [-0.39, 0.29) is 5.97 Å². The van der Waals surface area contributed by atoms with Crippen LogP contribution < -0.4 is 5.32 Å². The minimum Gasteiger partial charge on any atom is -0.468 e. The average Bonchev–Trinajstić information content (AvgIpc) is 2.36. The molecule has 0 aromatic carbocycles. The Balaban J connectivity index is 2.57. The first-order chi connectivity index (χ1) is 8.12. The van der Waals surface area contributed by atoms with Gasteiger partial charge in [-0.2, -0.15) is 0 Å². The van der Waals surface area contributed by atoms with Crippen molar-refractivity contribution in [2.75, 3.05) is 20.8 Å². The third kappa shape index (κ3) is 4.28. The third-order valence-corrected chi connectivity index (χ3v) is 3.57. The lowest BCUT2D eigenvalue weighted by molar-refractivity contribution is -0.149. The Kier molecular flexibility index (Phi) is 5.92. The van der Waals surface area contributed by atoms with Crippen LogP contribution in [0, 0.1) is 0 Å². The van der Waals surface area contributed by atoms with E-state index >= 15 is 0 Å². The van der Waals surface area contributed by atoms with E-state index in [1.165, 1.54) is 26.4 Å². The molecule has 4 heteroatoms. The lowest BCUT2D eigenvalue weighted by Gasteiger charge is -2.34. The van der Waals surface area contributed by atoms with Gasteiger partial charge in [0.1, 0.15) is 5.54 Å². The highest BCUT2D eigenvalue weighted by molar-refractivity contribution is 5.80. The topological polar surface area (TPSA) is 47.6 Å². The van der Waals surface area contributed by atoms with Crippen molar-refractivity contribution in [3.05, 3.63) is 0 Å². The number of hydrogen-bond acceptors (Lipinski definition) is 4. The van der Waals surface area contributed by atoms with E-state index in [0.717, 1.165) is 12.8 Å². The Bertz CT molecular complexity index is 239. The maximum atomic E-state index is 11.9. The van der Waals surface area contributed by atoms with Gasteiger partial charge in [0.2, 0.25) is 0 Å². The summed E-state index contributed by atoms with van der Waals surface area (Å²) >= 11 is 0. The summed E-state index contributed by atoms with van der Waals surface area (Å²) in [4.78, 5) is 11.9. The molecule has 1 fully saturated rings. The fraction of sp³-hybridized carbons (Fsp3) is 0.923. The van der Waals surface area contributed by atoms with E-state index in [1.54, 1.807) is 7.11 Å². The summed E-state index contributed by atoms with van der Waals surface area (Å²) < 4.78 is 9.97. The molecule has 4 nitrogen and oxygen atoms in total. The molecule has 0 aromatic rings. The largest absolute Gasteiger partial charge is 0.468 e.